The molecule has 0 aliphatic rings. The topological polar surface area (TPSA) is 87.9 Å². The van der Waals surface area contributed by atoms with Crippen molar-refractivity contribution in [2.75, 3.05) is 13.1 Å². The lowest BCUT2D eigenvalue weighted by Gasteiger charge is -2.09. The fourth-order valence-corrected chi connectivity index (χ4v) is 1.06. The average Bonchev–Trinajstić information content (AvgIpc) is 1.96. The summed E-state index contributed by atoms with van der Waals surface area (Å²) < 4.78 is 0. The summed E-state index contributed by atoms with van der Waals surface area (Å²) in [7, 11) is 0. The van der Waals surface area contributed by atoms with E-state index < -0.39 is 0 Å². The summed E-state index contributed by atoms with van der Waals surface area (Å²) in [5.74, 6) is 0. The predicted molar refractivity (Wildman–Crippen MR) is 57.1 cm³/mol. The van der Waals surface area contributed by atoms with Crippen LogP contribution in [0.1, 0.15) is 26.7 Å². The van der Waals surface area contributed by atoms with Gasteiger partial charge >= 0.3 is 0 Å². The summed E-state index contributed by atoms with van der Waals surface area (Å²) in [5, 5.41) is 10.7. The Kier molecular flexibility index (Phi) is 6.76. The second kappa shape index (κ2) is 7.00. The molecule has 4 nitrogen and oxygen atoms in total. The van der Waals surface area contributed by atoms with E-state index in [9.17, 15) is 0 Å². The maximum atomic E-state index is 7.55. The second-order valence-electron chi connectivity index (χ2n) is 3.72. The highest BCUT2D eigenvalue weighted by Crippen LogP contribution is 1.92. The molecule has 0 saturated carbocycles. The third-order valence-electron chi connectivity index (χ3n) is 1.64. The summed E-state index contributed by atoms with van der Waals surface area (Å²) in [6, 6.07) is 0.281. The molecule has 0 amide bonds. The van der Waals surface area contributed by atoms with Crippen molar-refractivity contribution in [3.8, 4) is 0 Å². The van der Waals surface area contributed by atoms with E-state index in [1.165, 1.54) is 0 Å². The minimum absolute atomic E-state index is 0.0981. The Morgan fingerprint density at radius 2 is 1.92 bits per heavy atom. The normalized spacial score (nSPS) is 15.4. The molecular formula is C9H22N4. The number of hydrogen-bond donors (Lipinski definition) is 4. The lowest BCUT2D eigenvalue weighted by molar-refractivity contribution is 0.613. The van der Waals surface area contributed by atoms with Crippen LogP contribution in [0, 0.1) is 5.41 Å². The summed E-state index contributed by atoms with van der Waals surface area (Å²) in [6.07, 6.45) is 1.47. The molecule has 13 heavy (non-hydrogen) atoms. The van der Waals surface area contributed by atoms with E-state index in [2.05, 4.69) is 5.32 Å². The molecule has 2 atom stereocenters. The first-order chi connectivity index (χ1) is 6.02. The number of rotatable bonds is 7. The van der Waals surface area contributed by atoms with Gasteiger partial charge in [0, 0.05) is 30.9 Å². The van der Waals surface area contributed by atoms with Crippen LogP contribution in [0.5, 0.6) is 0 Å². The number of hydrogen-bond acceptors (Lipinski definition) is 4. The Morgan fingerprint density at radius 3 is 2.38 bits per heavy atom. The molecular weight excluding hydrogens is 164 g/mol. The molecule has 0 aromatic heterocycles. The summed E-state index contributed by atoms with van der Waals surface area (Å²) in [5.41, 5.74) is 11.8. The zero-order chi connectivity index (χ0) is 10.3. The summed E-state index contributed by atoms with van der Waals surface area (Å²) >= 11 is 0. The zero-order valence-corrected chi connectivity index (χ0v) is 8.64. The Hall–Kier alpha value is -0.450. The maximum Gasteiger partial charge on any atom is 0.0136 e. The SMILES string of the molecule is CC(N)CNCCC(=N)CC(C)N. The van der Waals surface area contributed by atoms with Crippen LogP contribution in [0.3, 0.4) is 0 Å². The fourth-order valence-electron chi connectivity index (χ4n) is 1.06. The third kappa shape index (κ3) is 9.46. The molecule has 0 saturated heterocycles. The Bertz CT molecular complexity index is 143. The van der Waals surface area contributed by atoms with Crippen molar-refractivity contribution in [3.63, 3.8) is 0 Å². The van der Waals surface area contributed by atoms with Crippen molar-refractivity contribution in [2.24, 2.45) is 11.5 Å². The highest BCUT2D eigenvalue weighted by Gasteiger charge is 2.00. The van der Waals surface area contributed by atoms with Crippen molar-refractivity contribution in [1.29, 1.82) is 5.41 Å². The molecule has 78 valence electrons. The van der Waals surface area contributed by atoms with E-state index in [4.69, 9.17) is 16.9 Å². The van der Waals surface area contributed by atoms with Crippen molar-refractivity contribution >= 4 is 5.71 Å². The first-order valence-corrected chi connectivity index (χ1v) is 4.80. The molecule has 4 heteroatoms. The molecule has 0 bridgehead atoms. The van der Waals surface area contributed by atoms with Crippen molar-refractivity contribution < 1.29 is 0 Å². The Morgan fingerprint density at radius 1 is 1.31 bits per heavy atom. The standard InChI is InChI=1S/C9H22N4/c1-7(10)5-9(12)3-4-13-6-8(2)11/h7-8,12-13H,3-6,10-11H2,1-2H3. The molecule has 0 fully saturated rings. The largest absolute Gasteiger partial charge is 0.328 e. The molecule has 0 spiro atoms. The minimum atomic E-state index is 0.0981. The first kappa shape index (κ1) is 12.6. The number of nitrogens with one attached hydrogen (secondary N) is 2. The van der Waals surface area contributed by atoms with Crippen LogP contribution in [0.4, 0.5) is 0 Å². The van der Waals surface area contributed by atoms with Crippen LogP contribution in [-0.4, -0.2) is 30.9 Å². The molecule has 0 aliphatic carbocycles. The minimum Gasteiger partial charge on any atom is -0.328 e. The van der Waals surface area contributed by atoms with Crippen LogP contribution >= 0.6 is 0 Å². The van der Waals surface area contributed by atoms with Crippen molar-refractivity contribution in [2.45, 2.75) is 38.8 Å². The molecule has 0 aromatic rings. The Labute approximate surface area is 80.6 Å². The van der Waals surface area contributed by atoms with Gasteiger partial charge in [-0.3, -0.25) is 0 Å². The quantitative estimate of drug-likeness (QED) is 0.335. The van der Waals surface area contributed by atoms with E-state index >= 15 is 0 Å². The van der Waals surface area contributed by atoms with E-state index in [-0.39, 0.29) is 12.1 Å². The third-order valence-corrected chi connectivity index (χ3v) is 1.64. The smallest absolute Gasteiger partial charge is 0.0136 e. The molecule has 0 aliphatic heterocycles. The van der Waals surface area contributed by atoms with Gasteiger partial charge in [-0.2, -0.15) is 0 Å². The van der Waals surface area contributed by atoms with Gasteiger partial charge in [0.1, 0.15) is 0 Å². The van der Waals surface area contributed by atoms with Gasteiger partial charge in [0.05, 0.1) is 0 Å². The van der Waals surface area contributed by atoms with Crippen LogP contribution in [0.25, 0.3) is 0 Å². The van der Waals surface area contributed by atoms with E-state index in [1.807, 2.05) is 13.8 Å². The van der Waals surface area contributed by atoms with E-state index in [1.54, 1.807) is 0 Å². The average molecular weight is 186 g/mol. The van der Waals surface area contributed by atoms with Crippen LogP contribution in [0.2, 0.25) is 0 Å². The van der Waals surface area contributed by atoms with Gasteiger partial charge in [-0.25, -0.2) is 0 Å². The van der Waals surface area contributed by atoms with Crippen LogP contribution < -0.4 is 16.8 Å². The van der Waals surface area contributed by atoms with Gasteiger partial charge < -0.3 is 22.2 Å². The predicted octanol–water partition coefficient (Wildman–Crippen LogP) is 0.0704. The van der Waals surface area contributed by atoms with Gasteiger partial charge in [0.2, 0.25) is 0 Å². The highest BCUT2D eigenvalue weighted by atomic mass is 14.9. The van der Waals surface area contributed by atoms with E-state index in [0.717, 1.165) is 19.5 Å². The van der Waals surface area contributed by atoms with Crippen LogP contribution in [0.15, 0.2) is 0 Å². The van der Waals surface area contributed by atoms with Gasteiger partial charge in [0.15, 0.2) is 0 Å². The molecule has 0 radical (unpaired) electrons. The van der Waals surface area contributed by atoms with Gasteiger partial charge in [-0.1, -0.05) is 0 Å². The molecule has 0 rings (SSSR count). The first-order valence-electron chi connectivity index (χ1n) is 4.80. The molecule has 0 heterocycles. The monoisotopic (exact) mass is 186 g/mol. The molecule has 0 aromatic carbocycles. The van der Waals surface area contributed by atoms with Crippen LogP contribution in [-0.2, 0) is 0 Å². The molecule has 2 unspecified atom stereocenters. The lowest BCUT2D eigenvalue weighted by Crippen LogP contribution is -2.32. The second-order valence-corrected chi connectivity index (χ2v) is 3.72. The Balaban J connectivity index is 3.27. The zero-order valence-electron chi connectivity index (χ0n) is 8.64. The lowest BCUT2D eigenvalue weighted by atomic mass is 10.1. The molecule has 6 N–H and O–H groups in total. The van der Waals surface area contributed by atoms with Crippen molar-refractivity contribution in [1.82, 2.24) is 5.32 Å². The highest BCUT2D eigenvalue weighted by molar-refractivity contribution is 5.81. The number of nitrogens with two attached hydrogens (primary N) is 2. The van der Waals surface area contributed by atoms with Gasteiger partial charge in [-0.15, -0.1) is 0 Å². The van der Waals surface area contributed by atoms with Gasteiger partial charge in [0.25, 0.3) is 0 Å². The summed E-state index contributed by atoms with van der Waals surface area (Å²) in [6.45, 7) is 5.52. The summed E-state index contributed by atoms with van der Waals surface area (Å²) in [4.78, 5) is 0. The van der Waals surface area contributed by atoms with E-state index in [0.29, 0.717) is 12.1 Å². The van der Waals surface area contributed by atoms with Crippen molar-refractivity contribution in [3.05, 3.63) is 0 Å². The fraction of sp³-hybridized carbons (Fsp3) is 0.889. The maximum absolute atomic E-state index is 7.55. The van der Waals surface area contributed by atoms with Gasteiger partial charge in [-0.05, 0) is 26.7 Å².